The lowest BCUT2D eigenvalue weighted by atomic mass is 10.1. The Hall–Kier alpha value is -1.95. The SMILES string of the molecule is COc1cc(OC)c(C(=O)NCCN2CCCC2)cc1OC. The molecule has 1 aromatic rings. The first kappa shape index (κ1) is 16.4. The molecule has 1 fully saturated rings. The van der Waals surface area contributed by atoms with E-state index in [2.05, 4.69) is 10.2 Å². The van der Waals surface area contributed by atoms with Crippen LogP contribution in [0.3, 0.4) is 0 Å². The van der Waals surface area contributed by atoms with Gasteiger partial charge in [-0.2, -0.15) is 0 Å². The predicted molar refractivity (Wildman–Crippen MR) is 84.1 cm³/mol. The van der Waals surface area contributed by atoms with Crippen LogP contribution >= 0.6 is 0 Å². The van der Waals surface area contributed by atoms with Crippen molar-refractivity contribution in [3.8, 4) is 17.2 Å². The van der Waals surface area contributed by atoms with Crippen molar-refractivity contribution < 1.29 is 19.0 Å². The Bertz CT molecular complexity index is 513. The van der Waals surface area contributed by atoms with Crippen molar-refractivity contribution in [2.24, 2.45) is 0 Å². The molecule has 0 saturated carbocycles. The fourth-order valence-electron chi connectivity index (χ4n) is 2.64. The third kappa shape index (κ3) is 3.82. The molecule has 0 atom stereocenters. The Labute approximate surface area is 131 Å². The zero-order valence-electron chi connectivity index (χ0n) is 13.5. The van der Waals surface area contributed by atoms with Crippen LogP contribution in [0.2, 0.25) is 0 Å². The van der Waals surface area contributed by atoms with Crippen molar-refractivity contribution >= 4 is 5.91 Å². The van der Waals surface area contributed by atoms with Gasteiger partial charge in [0, 0.05) is 25.2 Å². The van der Waals surface area contributed by atoms with E-state index < -0.39 is 0 Å². The molecule has 0 unspecified atom stereocenters. The molecular formula is C16H24N2O4. The monoisotopic (exact) mass is 308 g/mol. The highest BCUT2D eigenvalue weighted by atomic mass is 16.5. The summed E-state index contributed by atoms with van der Waals surface area (Å²) in [6, 6.07) is 3.30. The minimum absolute atomic E-state index is 0.169. The van der Waals surface area contributed by atoms with E-state index in [4.69, 9.17) is 14.2 Å². The van der Waals surface area contributed by atoms with E-state index in [0.29, 0.717) is 29.4 Å². The number of methoxy groups -OCH3 is 3. The van der Waals surface area contributed by atoms with E-state index in [1.165, 1.54) is 20.0 Å². The summed E-state index contributed by atoms with van der Waals surface area (Å²) in [5, 5.41) is 2.93. The number of carbonyl (C=O) groups excluding carboxylic acids is 1. The molecule has 122 valence electrons. The Morgan fingerprint density at radius 2 is 1.64 bits per heavy atom. The molecular weight excluding hydrogens is 284 g/mol. The number of nitrogens with zero attached hydrogens (tertiary/aromatic N) is 1. The molecule has 1 aliphatic rings. The van der Waals surface area contributed by atoms with E-state index >= 15 is 0 Å². The van der Waals surface area contributed by atoms with Gasteiger partial charge in [-0.25, -0.2) is 0 Å². The number of likely N-dealkylation sites (tertiary alicyclic amines) is 1. The van der Waals surface area contributed by atoms with Gasteiger partial charge in [0.05, 0.1) is 26.9 Å². The van der Waals surface area contributed by atoms with Crippen LogP contribution in [0.1, 0.15) is 23.2 Å². The number of rotatable bonds is 7. The van der Waals surface area contributed by atoms with Crippen molar-refractivity contribution in [3.05, 3.63) is 17.7 Å². The molecule has 1 amide bonds. The predicted octanol–water partition coefficient (Wildman–Crippen LogP) is 1.54. The lowest BCUT2D eigenvalue weighted by molar-refractivity contribution is 0.0946. The Morgan fingerprint density at radius 1 is 1.05 bits per heavy atom. The van der Waals surface area contributed by atoms with Gasteiger partial charge in [-0.05, 0) is 25.9 Å². The van der Waals surface area contributed by atoms with Crippen LogP contribution in [-0.4, -0.2) is 58.3 Å². The lowest BCUT2D eigenvalue weighted by Gasteiger charge is -2.16. The van der Waals surface area contributed by atoms with Crippen molar-refractivity contribution in [1.82, 2.24) is 10.2 Å². The van der Waals surface area contributed by atoms with Crippen molar-refractivity contribution in [3.63, 3.8) is 0 Å². The molecule has 6 heteroatoms. The van der Waals surface area contributed by atoms with Crippen molar-refractivity contribution in [1.29, 1.82) is 0 Å². The second kappa shape index (κ2) is 7.89. The van der Waals surface area contributed by atoms with Gasteiger partial charge < -0.3 is 24.4 Å². The summed E-state index contributed by atoms with van der Waals surface area (Å²) in [6.07, 6.45) is 2.49. The molecule has 1 aromatic carbocycles. The molecule has 6 nitrogen and oxygen atoms in total. The first-order chi connectivity index (χ1) is 10.7. The van der Waals surface area contributed by atoms with Crippen LogP contribution in [0.25, 0.3) is 0 Å². The molecule has 1 aliphatic heterocycles. The summed E-state index contributed by atoms with van der Waals surface area (Å²) in [5.74, 6) is 1.34. The maximum Gasteiger partial charge on any atom is 0.255 e. The zero-order chi connectivity index (χ0) is 15.9. The van der Waals surface area contributed by atoms with Gasteiger partial charge in [-0.15, -0.1) is 0 Å². The highest BCUT2D eigenvalue weighted by Gasteiger charge is 2.18. The second-order valence-corrected chi connectivity index (χ2v) is 5.21. The fraction of sp³-hybridized carbons (Fsp3) is 0.562. The summed E-state index contributed by atoms with van der Waals surface area (Å²) in [7, 11) is 4.62. The molecule has 0 radical (unpaired) electrons. The maximum absolute atomic E-state index is 12.4. The van der Waals surface area contributed by atoms with Gasteiger partial charge in [0.1, 0.15) is 5.75 Å². The van der Waals surface area contributed by atoms with E-state index in [-0.39, 0.29) is 5.91 Å². The number of hydrogen-bond acceptors (Lipinski definition) is 5. The summed E-state index contributed by atoms with van der Waals surface area (Å²) in [5.41, 5.74) is 0.446. The smallest absolute Gasteiger partial charge is 0.255 e. The molecule has 22 heavy (non-hydrogen) atoms. The Balaban J connectivity index is 2.03. The highest BCUT2D eigenvalue weighted by Crippen LogP contribution is 2.34. The van der Waals surface area contributed by atoms with Crippen LogP contribution in [0.15, 0.2) is 12.1 Å². The zero-order valence-corrected chi connectivity index (χ0v) is 13.5. The van der Waals surface area contributed by atoms with Crippen LogP contribution < -0.4 is 19.5 Å². The topological polar surface area (TPSA) is 60.0 Å². The van der Waals surface area contributed by atoms with Gasteiger partial charge in [0.2, 0.25) is 0 Å². The van der Waals surface area contributed by atoms with E-state index in [9.17, 15) is 4.79 Å². The number of benzene rings is 1. The lowest BCUT2D eigenvalue weighted by Crippen LogP contribution is -2.33. The number of ether oxygens (including phenoxy) is 3. The summed E-state index contributed by atoms with van der Waals surface area (Å²) in [6.45, 7) is 3.74. The first-order valence-corrected chi connectivity index (χ1v) is 7.50. The summed E-state index contributed by atoms with van der Waals surface area (Å²) in [4.78, 5) is 14.7. The van der Waals surface area contributed by atoms with Crippen molar-refractivity contribution in [2.45, 2.75) is 12.8 Å². The summed E-state index contributed by atoms with van der Waals surface area (Å²) < 4.78 is 15.7. The number of carbonyl (C=O) groups is 1. The van der Waals surface area contributed by atoms with Gasteiger partial charge >= 0.3 is 0 Å². The quantitative estimate of drug-likeness (QED) is 0.828. The third-order valence-corrected chi connectivity index (χ3v) is 3.86. The molecule has 0 aromatic heterocycles. The first-order valence-electron chi connectivity index (χ1n) is 7.50. The average Bonchev–Trinajstić information content (AvgIpc) is 3.06. The minimum atomic E-state index is -0.169. The molecule has 1 N–H and O–H groups in total. The molecule has 0 aliphatic carbocycles. The highest BCUT2D eigenvalue weighted by molar-refractivity contribution is 5.97. The second-order valence-electron chi connectivity index (χ2n) is 5.21. The Morgan fingerprint density at radius 3 is 2.23 bits per heavy atom. The van der Waals surface area contributed by atoms with E-state index in [0.717, 1.165) is 19.6 Å². The van der Waals surface area contributed by atoms with Crippen LogP contribution in [0, 0.1) is 0 Å². The van der Waals surface area contributed by atoms with Gasteiger partial charge in [0.25, 0.3) is 5.91 Å². The van der Waals surface area contributed by atoms with Crippen LogP contribution in [0.4, 0.5) is 0 Å². The fourth-order valence-corrected chi connectivity index (χ4v) is 2.64. The Kier molecular flexibility index (Phi) is 5.89. The van der Waals surface area contributed by atoms with Gasteiger partial charge in [-0.3, -0.25) is 4.79 Å². The van der Waals surface area contributed by atoms with E-state index in [1.807, 2.05) is 0 Å². The third-order valence-electron chi connectivity index (χ3n) is 3.86. The standard InChI is InChI=1S/C16H24N2O4/c1-20-13-11-15(22-3)14(21-2)10-12(13)16(19)17-6-9-18-7-4-5-8-18/h10-11H,4-9H2,1-3H3,(H,17,19). The van der Waals surface area contributed by atoms with Crippen LogP contribution in [-0.2, 0) is 0 Å². The number of nitrogens with one attached hydrogen (secondary N) is 1. The maximum atomic E-state index is 12.4. The normalized spacial score (nSPS) is 14.7. The summed E-state index contributed by atoms with van der Waals surface area (Å²) >= 11 is 0. The average molecular weight is 308 g/mol. The molecule has 1 saturated heterocycles. The molecule has 1 heterocycles. The number of hydrogen-bond donors (Lipinski definition) is 1. The van der Waals surface area contributed by atoms with Gasteiger partial charge in [-0.1, -0.05) is 0 Å². The largest absolute Gasteiger partial charge is 0.496 e. The van der Waals surface area contributed by atoms with E-state index in [1.54, 1.807) is 26.4 Å². The molecule has 2 rings (SSSR count). The molecule has 0 spiro atoms. The minimum Gasteiger partial charge on any atom is -0.496 e. The van der Waals surface area contributed by atoms with Crippen LogP contribution in [0.5, 0.6) is 17.2 Å². The van der Waals surface area contributed by atoms with Crippen molar-refractivity contribution in [2.75, 3.05) is 47.5 Å². The molecule has 0 bridgehead atoms. The number of amides is 1. The van der Waals surface area contributed by atoms with Gasteiger partial charge in [0.15, 0.2) is 11.5 Å².